The first-order valence-corrected chi connectivity index (χ1v) is 8.13. The lowest BCUT2D eigenvalue weighted by Crippen LogP contribution is -2.30. The van der Waals surface area contributed by atoms with Gasteiger partial charge in [-0.15, -0.1) is 17.9 Å². The molecule has 1 aromatic heterocycles. The third kappa shape index (κ3) is 3.49. The van der Waals surface area contributed by atoms with Gasteiger partial charge in [-0.25, -0.2) is 4.99 Å². The maximum Gasteiger partial charge on any atom is 0.278 e. The number of aliphatic imine (C=N–C) groups is 1. The fourth-order valence-electron chi connectivity index (χ4n) is 1.66. The van der Waals surface area contributed by atoms with Crippen LogP contribution in [0.5, 0.6) is 0 Å². The average molecular weight is 304 g/mol. The first-order chi connectivity index (χ1) is 9.76. The van der Waals surface area contributed by atoms with Gasteiger partial charge in [0.05, 0.1) is 0 Å². The molecule has 104 valence electrons. The lowest BCUT2D eigenvalue weighted by molar-refractivity contribution is -0.122. The summed E-state index contributed by atoms with van der Waals surface area (Å²) in [5, 5.41) is 2.73. The standard InChI is InChI=1S/C15H16N2OS2/c1-3-5-9-20-15-16-13(11-12-7-6-10-19-12)14(18)17(15)8-4-2/h3-7,10-11H,2,8-9H2,1H3. The number of carbonyl (C=O) groups is 1. The van der Waals surface area contributed by atoms with Crippen molar-refractivity contribution in [3.8, 4) is 0 Å². The summed E-state index contributed by atoms with van der Waals surface area (Å²) in [7, 11) is 0. The van der Waals surface area contributed by atoms with E-state index < -0.39 is 0 Å². The van der Waals surface area contributed by atoms with Crippen molar-refractivity contribution >= 4 is 40.2 Å². The molecule has 0 atom stereocenters. The van der Waals surface area contributed by atoms with Crippen LogP contribution in [0, 0.1) is 0 Å². The molecule has 0 radical (unpaired) electrons. The Morgan fingerprint density at radius 3 is 3.05 bits per heavy atom. The fourth-order valence-corrected chi connectivity index (χ4v) is 3.22. The summed E-state index contributed by atoms with van der Waals surface area (Å²) in [5.41, 5.74) is 0.497. The zero-order valence-electron chi connectivity index (χ0n) is 11.3. The molecule has 20 heavy (non-hydrogen) atoms. The van der Waals surface area contributed by atoms with Crippen LogP contribution in [0.15, 0.2) is 53.0 Å². The van der Waals surface area contributed by atoms with E-state index in [1.165, 1.54) is 0 Å². The molecule has 1 aliphatic heterocycles. The summed E-state index contributed by atoms with van der Waals surface area (Å²) >= 11 is 3.15. The number of amides is 1. The Kier molecular flexibility index (Phi) is 5.38. The van der Waals surface area contributed by atoms with Gasteiger partial charge in [-0.2, -0.15) is 0 Å². The second-order valence-electron chi connectivity index (χ2n) is 4.02. The highest BCUT2D eigenvalue weighted by Gasteiger charge is 2.29. The van der Waals surface area contributed by atoms with Crippen molar-refractivity contribution in [1.82, 2.24) is 4.90 Å². The van der Waals surface area contributed by atoms with E-state index in [2.05, 4.69) is 11.6 Å². The minimum absolute atomic E-state index is 0.0544. The molecular weight excluding hydrogens is 288 g/mol. The molecule has 1 aromatic rings. The Labute approximate surface area is 127 Å². The molecular formula is C15H16N2OS2. The number of hydrogen-bond donors (Lipinski definition) is 0. The largest absolute Gasteiger partial charge is 0.282 e. The molecule has 0 bridgehead atoms. The van der Waals surface area contributed by atoms with Gasteiger partial charge in [0.25, 0.3) is 5.91 Å². The van der Waals surface area contributed by atoms with Gasteiger partial charge in [0.15, 0.2) is 5.17 Å². The Hall–Kier alpha value is -1.59. The summed E-state index contributed by atoms with van der Waals surface area (Å²) in [4.78, 5) is 19.5. The molecule has 1 aliphatic rings. The number of carbonyl (C=O) groups excluding carboxylic acids is 1. The van der Waals surface area contributed by atoms with Gasteiger partial charge >= 0.3 is 0 Å². The fraction of sp³-hybridized carbons (Fsp3) is 0.200. The Morgan fingerprint density at radius 1 is 1.55 bits per heavy atom. The van der Waals surface area contributed by atoms with Crippen LogP contribution in [-0.4, -0.2) is 28.3 Å². The SMILES string of the molecule is C=CCN1C(=O)C(=Cc2cccs2)N=C1SCC=CC. The average Bonchev–Trinajstić information content (AvgIpc) is 3.04. The topological polar surface area (TPSA) is 32.7 Å². The number of nitrogens with zero attached hydrogens (tertiary/aromatic N) is 2. The highest BCUT2D eigenvalue weighted by molar-refractivity contribution is 8.14. The predicted octanol–water partition coefficient (Wildman–Crippen LogP) is 3.78. The number of rotatable bonds is 5. The molecule has 0 aromatic carbocycles. The number of hydrogen-bond acceptors (Lipinski definition) is 4. The highest BCUT2D eigenvalue weighted by atomic mass is 32.2. The summed E-state index contributed by atoms with van der Waals surface area (Å²) < 4.78 is 0. The van der Waals surface area contributed by atoms with Gasteiger partial charge in [0.2, 0.25) is 0 Å². The van der Waals surface area contributed by atoms with Crippen LogP contribution in [0.3, 0.4) is 0 Å². The third-order valence-electron chi connectivity index (χ3n) is 2.59. The van der Waals surface area contributed by atoms with Crippen LogP contribution in [0.2, 0.25) is 0 Å². The van der Waals surface area contributed by atoms with Gasteiger partial charge in [0, 0.05) is 17.2 Å². The van der Waals surface area contributed by atoms with Crippen LogP contribution < -0.4 is 0 Å². The molecule has 0 saturated carbocycles. The maximum atomic E-state index is 12.3. The second-order valence-corrected chi connectivity index (χ2v) is 5.99. The van der Waals surface area contributed by atoms with Crippen molar-refractivity contribution < 1.29 is 4.79 Å². The predicted molar refractivity (Wildman–Crippen MR) is 88.9 cm³/mol. The number of allylic oxidation sites excluding steroid dienone is 1. The molecule has 1 amide bonds. The highest BCUT2D eigenvalue weighted by Crippen LogP contribution is 2.25. The van der Waals surface area contributed by atoms with Crippen LogP contribution in [-0.2, 0) is 4.79 Å². The molecule has 3 nitrogen and oxygen atoms in total. The van der Waals surface area contributed by atoms with Crippen molar-refractivity contribution in [2.45, 2.75) is 6.92 Å². The van der Waals surface area contributed by atoms with E-state index in [1.54, 1.807) is 34.1 Å². The van der Waals surface area contributed by atoms with Crippen LogP contribution in [0.4, 0.5) is 0 Å². The molecule has 0 fully saturated rings. The van der Waals surface area contributed by atoms with E-state index in [1.807, 2.05) is 42.7 Å². The second kappa shape index (κ2) is 7.26. The van der Waals surface area contributed by atoms with E-state index in [0.717, 1.165) is 15.8 Å². The summed E-state index contributed by atoms with van der Waals surface area (Å²) in [6.07, 6.45) is 7.60. The van der Waals surface area contributed by atoms with Gasteiger partial charge in [-0.1, -0.05) is 36.1 Å². The third-order valence-corrected chi connectivity index (χ3v) is 4.34. The quantitative estimate of drug-likeness (QED) is 0.612. The summed E-state index contributed by atoms with van der Waals surface area (Å²) in [6, 6.07) is 3.94. The molecule has 0 aliphatic carbocycles. The molecule has 0 spiro atoms. The first kappa shape index (κ1) is 14.8. The number of amidine groups is 1. The molecule has 0 unspecified atom stereocenters. The number of thioether (sulfide) groups is 1. The van der Waals surface area contributed by atoms with Gasteiger partial charge in [0.1, 0.15) is 5.70 Å². The molecule has 5 heteroatoms. The van der Waals surface area contributed by atoms with Gasteiger partial charge in [-0.3, -0.25) is 9.69 Å². The number of thiophene rings is 1. The van der Waals surface area contributed by atoms with E-state index in [9.17, 15) is 4.79 Å². The van der Waals surface area contributed by atoms with E-state index in [-0.39, 0.29) is 5.91 Å². The van der Waals surface area contributed by atoms with E-state index in [4.69, 9.17) is 0 Å². The maximum absolute atomic E-state index is 12.3. The summed E-state index contributed by atoms with van der Waals surface area (Å²) in [5.74, 6) is 0.754. The minimum Gasteiger partial charge on any atom is -0.282 e. The van der Waals surface area contributed by atoms with Gasteiger partial charge in [-0.05, 0) is 24.4 Å². The monoisotopic (exact) mass is 304 g/mol. The first-order valence-electron chi connectivity index (χ1n) is 6.27. The zero-order valence-corrected chi connectivity index (χ0v) is 12.9. The zero-order chi connectivity index (χ0) is 14.4. The summed E-state index contributed by atoms with van der Waals surface area (Å²) in [6.45, 7) is 6.17. The lowest BCUT2D eigenvalue weighted by Gasteiger charge is -2.14. The van der Waals surface area contributed by atoms with Gasteiger partial charge < -0.3 is 0 Å². The van der Waals surface area contributed by atoms with E-state index in [0.29, 0.717) is 12.2 Å². The Balaban J connectivity index is 2.21. The van der Waals surface area contributed by atoms with Crippen molar-refractivity contribution in [2.75, 3.05) is 12.3 Å². The van der Waals surface area contributed by atoms with E-state index >= 15 is 0 Å². The molecule has 0 N–H and O–H groups in total. The lowest BCUT2D eigenvalue weighted by atomic mass is 10.3. The molecule has 2 rings (SSSR count). The molecule has 0 saturated heterocycles. The van der Waals surface area contributed by atoms with Crippen LogP contribution in [0.25, 0.3) is 6.08 Å². The smallest absolute Gasteiger partial charge is 0.278 e. The van der Waals surface area contributed by atoms with Crippen molar-refractivity contribution in [2.24, 2.45) is 4.99 Å². The Bertz CT molecular complexity index is 571. The van der Waals surface area contributed by atoms with Crippen LogP contribution in [0.1, 0.15) is 11.8 Å². The Morgan fingerprint density at radius 2 is 2.40 bits per heavy atom. The van der Waals surface area contributed by atoms with Crippen molar-refractivity contribution in [1.29, 1.82) is 0 Å². The van der Waals surface area contributed by atoms with Crippen molar-refractivity contribution in [3.05, 3.63) is 52.9 Å². The minimum atomic E-state index is -0.0544. The van der Waals surface area contributed by atoms with Crippen molar-refractivity contribution in [3.63, 3.8) is 0 Å². The van der Waals surface area contributed by atoms with Crippen LogP contribution >= 0.6 is 23.1 Å². The molecule has 2 heterocycles. The normalized spacial score (nSPS) is 17.2.